The molecule has 0 bridgehead atoms. The highest BCUT2D eigenvalue weighted by molar-refractivity contribution is 9.10. The minimum absolute atomic E-state index is 0.0993. The second-order valence-electron chi connectivity index (χ2n) is 5.60. The third-order valence-corrected chi connectivity index (χ3v) is 4.55. The zero-order valence-corrected chi connectivity index (χ0v) is 13.9. The third kappa shape index (κ3) is 3.21. The van der Waals surface area contributed by atoms with Gasteiger partial charge in [-0.25, -0.2) is 4.98 Å². The molecule has 0 N–H and O–H groups in total. The van der Waals surface area contributed by atoms with Crippen molar-refractivity contribution in [2.75, 3.05) is 13.1 Å². The molecule has 0 radical (unpaired) electrons. The van der Waals surface area contributed by atoms with Gasteiger partial charge in [0.15, 0.2) is 0 Å². The molecule has 2 heterocycles. The molecule has 0 atom stereocenters. The number of hydrogen-bond acceptors (Lipinski definition) is 3. The molecule has 1 aromatic heterocycles. The fourth-order valence-corrected chi connectivity index (χ4v) is 3.17. The Bertz CT molecular complexity index is 751. The number of rotatable bonds is 3. The van der Waals surface area contributed by atoms with Gasteiger partial charge in [-0.15, -0.1) is 0 Å². The van der Waals surface area contributed by atoms with Crippen molar-refractivity contribution in [3.8, 4) is 0 Å². The van der Waals surface area contributed by atoms with Crippen LogP contribution in [0.4, 0.5) is 0 Å². The van der Waals surface area contributed by atoms with E-state index >= 15 is 0 Å². The van der Waals surface area contributed by atoms with E-state index in [9.17, 15) is 9.59 Å². The Balaban J connectivity index is 1.75. The van der Waals surface area contributed by atoms with Gasteiger partial charge in [0.1, 0.15) is 0 Å². The van der Waals surface area contributed by atoms with Crippen LogP contribution in [0.25, 0.3) is 10.9 Å². The molecule has 0 saturated carbocycles. The van der Waals surface area contributed by atoms with E-state index in [-0.39, 0.29) is 11.5 Å². The number of amides is 1. The van der Waals surface area contributed by atoms with Gasteiger partial charge in [0.2, 0.25) is 5.91 Å². The number of fused-ring (bicyclic) bond motifs is 1. The van der Waals surface area contributed by atoms with Crippen LogP contribution in [0, 0.1) is 0 Å². The fourth-order valence-electron chi connectivity index (χ4n) is 2.81. The van der Waals surface area contributed by atoms with Crippen molar-refractivity contribution in [1.82, 2.24) is 14.5 Å². The summed E-state index contributed by atoms with van der Waals surface area (Å²) in [4.78, 5) is 30.8. The topological polar surface area (TPSA) is 55.2 Å². The number of likely N-dealkylation sites (tertiary alicyclic amines) is 1. The van der Waals surface area contributed by atoms with Gasteiger partial charge in [0.25, 0.3) is 5.56 Å². The molecule has 0 unspecified atom stereocenters. The van der Waals surface area contributed by atoms with Crippen molar-refractivity contribution >= 4 is 32.7 Å². The molecule has 1 aliphatic heterocycles. The summed E-state index contributed by atoms with van der Waals surface area (Å²) in [7, 11) is 0. The second-order valence-corrected chi connectivity index (χ2v) is 6.51. The molecule has 116 valence electrons. The summed E-state index contributed by atoms with van der Waals surface area (Å²) in [6, 6.07) is 5.44. The van der Waals surface area contributed by atoms with Crippen molar-refractivity contribution < 1.29 is 4.79 Å². The summed E-state index contributed by atoms with van der Waals surface area (Å²) in [5.41, 5.74) is 0.574. The summed E-state index contributed by atoms with van der Waals surface area (Å²) >= 11 is 3.37. The van der Waals surface area contributed by atoms with Crippen LogP contribution in [0.5, 0.6) is 0 Å². The Morgan fingerprint density at radius 3 is 2.77 bits per heavy atom. The number of nitrogens with zero attached hydrogens (tertiary/aromatic N) is 3. The molecule has 6 heteroatoms. The molecule has 1 fully saturated rings. The molecule has 1 aromatic carbocycles. The Kier molecular flexibility index (Phi) is 4.57. The Morgan fingerprint density at radius 1 is 1.23 bits per heavy atom. The van der Waals surface area contributed by atoms with E-state index in [1.165, 1.54) is 17.3 Å². The SMILES string of the molecule is O=C(CCn1cnc2ccc(Br)cc2c1=O)N1CCCCC1. The van der Waals surface area contributed by atoms with Crippen LogP contribution in [0.2, 0.25) is 0 Å². The minimum Gasteiger partial charge on any atom is -0.343 e. The van der Waals surface area contributed by atoms with Crippen molar-refractivity contribution in [3.63, 3.8) is 0 Å². The van der Waals surface area contributed by atoms with Crippen molar-refractivity contribution in [2.45, 2.75) is 32.2 Å². The third-order valence-electron chi connectivity index (χ3n) is 4.06. The van der Waals surface area contributed by atoms with E-state index in [2.05, 4.69) is 20.9 Å². The predicted octanol–water partition coefficient (Wildman–Crippen LogP) is 2.56. The largest absolute Gasteiger partial charge is 0.343 e. The Labute approximate surface area is 137 Å². The van der Waals surface area contributed by atoms with Crippen molar-refractivity contribution in [1.29, 1.82) is 0 Å². The summed E-state index contributed by atoms with van der Waals surface area (Å²) < 4.78 is 2.37. The number of piperidine rings is 1. The summed E-state index contributed by atoms with van der Waals surface area (Å²) in [6.45, 7) is 2.07. The van der Waals surface area contributed by atoms with Crippen LogP contribution in [-0.2, 0) is 11.3 Å². The van der Waals surface area contributed by atoms with E-state index in [0.717, 1.165) is 30.4 Å². The minimum atomic E-state index is -0.0993. The van der Waals surface area contributed by atoms with Gasteiger partial charge >= 0.3 is 0 Å². The van der Waals surface area contributed by atoms with Gasteiger partial charge in [-0.05, 0) is 37.5 Å². The lowest BCUT2D eigenvalue weighted by molar-refractivity contribution is -0.132. The molecule has 1 saturated heterocycles. The predicted molar refractivity (Wildman–Crippen MR) is 88.8 cm³/mol. The lowest BCUT2D eigenvalue weighted by Crippen LogP contribution is -2.36. The molecule has 1 aliphatic rings. The molecule has 0 spiro atoms. The average molecular weight is 364 g/mol. The standard InChI is InChI=1S/C16H18BrN3O2/c17-12-4-5-14-13(10-12)16(22)20(11-18-14)9-6-15(21)19-7-2-1-3-8-19/h4-5,10-11H,1-3,6-9H2. The van der Waals surface area contributed by atoms with Crippen LogP contribution in [0.3, 0.4) is 0 Å². The van der Waals surface area contributed by atoms with E-state index in [1.807, 2.05) is 17.0 Å². The molecule has 0 aliphatic carbocycles. The first-order chi connectivity index (χ1) is 10.6. The van der Waals surface area contributed by atoms with Crippen LogP contribution >= 0.6 is 15.9 Å². The number of aryl methyl sites for hydroxylation is 1. The first kappa shape index (κ1) is 15.2. The summed E-state index contributed by atoms with van der Waals surface area (Å²) in [6.07, 6.45) is 5.24. The van der Waals surface area contributed by atoms with Gasteiger partial charge < -0.3 is 4.90 Å². The van der Waals surface area contributed by atoms with Gasteiger partial charge in [-0.1, -0.05) is 15.9 Å². The maximum atomic E-state index is 12.4. The number of benzene rings is 1. The van der Waals surface area contributed by atoms with Crippen molar-refractivity contribution in [3.05, 3.63) is 39.4 Å². The Hall–Kier alpha value is -1.69. The van der Waals surface area contributed by atoms with Crippen LogP contribution in [0.15, 0.2) is 33.8 Å². The van der Waals surface area contributed by atoms with E-state index in [0.29, 0.717) is 23.9 Å². The summed E-state index contributed by atoms with van der Waals surface area (Å²) in [5, 5.41) is 0.572. The van der Waals surface area contributed by atoms with Crippen LogP contribution < -0.4 is 5.56 Å². The maximum absolute atomic E-state index is 12.4. The van der Waals surface area contributed by atoms with Crippen molar-refractivity contribution in [2.24, 2.45) is 0 Å². The first-order valence-electron chi connectivity index (χ1n) is 7.57. The number of hydrogen-bond donors (Lipinski definition) is 0. The number of halogens is 1. The molecule has 5 nitrogen and oxygen atoms in total. The maximum Gasteiger partial charge on any atom is 0.261 e. The lowest BCUT2D eigenvalue weighted by atomic mass is 10.1. The monoisotopic (exact) mass is 363 g/mol. The number of aromatic nitrogens is 2. The van der Waals surface area contributed by atoms with Gasteiger partial charge in [-0.2, -0.15) is 0 Å². The zero-order valence-electron chi connectivity index (χ0n) is 12.3. The fraction of sp³-hybridized carbons (Fsp3) is 0.438. The molecule has 3 rings (SSSR count). The van der Waals surface area contributed by atoms with Crippen LogP contribution in [-0.4, -0.2) is 33.4 Å². The van der Waals surface area contributed by atoms with Gasteiger partial charge in [0.05, 0.1) is 17.2 Å². The van der Waals surface area contributed by atoms with Crippen LogP contribution in [0.1, 0.15) is 25.7 Å². The normalized spacial score (nSPS) is 15.2. The smallest absolute Gasteiger partial charge is 0.261 e. The summed E-state index contributed by atoms with van der Waals surface area (Å²) in [5.74, 6) is 0.126. The highest BCUT2D eigenvalue weighted by Crippen LogP contribution is 2.15. The molecule has 2 aromatic rings. The van der Waals surface area contributed by atoms with E-state index in [4.69, 9.17) is 0 Å². The molecular formula is C16H18BrN3O2. The Morgan fingerprint density at radius 2 is 2.00 bits per heavy atom. The van der Waals surface area contributed by atoms with Gasteiger partial charge in [0, 0.05) is 30.5 Å². The number of carbonyl (C=O) groups excluding carboxylic acids is 1. The van der Waals surface area contributed by atoms with E-state index in [1.54, 1.807) is 6.07 Å². The highest BCUT2D eigenvalue weighted by atomic mass is 79.9. The second kappa shape index (κ2) is 6.60. The molecular weight excluding hydrogens is 346 g/mol. The van der Waals surface area contributed by atoms with Gasteiger partial charge in [-0.3, -0.25) is 14.2 Å². The first-order valence-corrected chi connectivity index (χ1v) is 8.37. The number of carbonyl (C=O) groups is 1. The highest BCUT2D eigenvalue weighted by Gasteiger charge is 2.16. The molecule has 22 heavy (non-hydrogen) atoms. The van der Waals surface area contributed by atoms with E-state index < -0.39 is 0 Å². The molecule has 1 amide bonds. The quantitative estimate of drug-likeness (QED) is 0.841. The lowest BCUT2D eigenvalue weighted by Gasteiger charge is -2.26. The average Bonchev–Trinajstić information content (AvgIpc) is 2.55. The zero-order chi connectivity index (χ0) is 15.5.